The number of anilines is 1. The van der Waals surface area contributed by atoms with Crippen molar-refractivity contribution in [3.8, 4) is 39.5 Å². The number of H-pyrrole nitrogens is 2. The fraction of sp³-hybridized carbons (Fsp3) is 0.138. The van der Waals surface area contributed by atoms with Crippen LogP contribution in [-0.4, -0.2) is 41.1 Å². The molecule has 194 valence electrons. The van der Waals surface area contributed by atoms with Crippen molar-refractivity contribution in [2.24, 2.45) is 0 Å². The number of fused-ring (bicyclic) bond motifs is 2. The van der Waals surface area contributed by atoms with Crippen molar-refractivity contribution in [3.05, 3.63) is 72.9 Å². The molecule has 2 aromatic carbocycles. The highest BCUT2D eigenvalue weighted by Crippen LogP contribution is 2.34. The Balaban J connectivity index is 1.38. The molecule has 0 spiro atoms. The van der Waals surface area contributed by atoms with Gasteiger partial charge in [0.25, 0.3) is 0 Å². The number of benzene rings is 2. The number of carbonyl (C=O) groups is 1. The molecule has 0 unspecified atom stereocenters. The van der Waals surface area contributed by atoms with Gasteiger partial charge in [0.1, 0.15) is 22.8 Å². The van der Waals surface area contributed by atoms with E-state index in [-0.39, 0.29) is 11.7 Å². The molecule has 0 aliphatic rings. The fourth-order valence-corrected chi connectivity index (χ4v) is 4.59. The summed E-state index contributed by atoms with van der Waals surface area (Å²) in [4.78, 5) is 28.8. The first-order valence-corrected chi connectivity index (χ1v) is 12.6. The number of aromatic nitrogens is 6. The van der Waals surface area contributed by atoms with Crippen LogP contribution in [0.15, 0.2) is 67.1 Å². The Morgan fingerprint density at radius 2 is 1.95 bits per heavy atom. The van der Waals surface area contributed by atoms with Crippen LogP contribution in [0.3, 0.4) is 0 Å². The number of aromatic hydroxyl groups is 1. The third kappa shape index (κ3) is 4.79. The number of phenolic OH excluding ortho intramolecular Hbond substituents is 1. The predicted molar refractivity (Wildman–Crippen MR) is 147 cm³/mol. The van der Waals surface area contributed by atoms with Crippen molar-refractivity contribution in [1.82, 2.24) is 30.1 Å². The summed E-state index contributed by atoms with van der Waals surface area (Å²) in [6.07, 6.45) is 7.24. The number of aromatic amines is 2. The van der Waals surface area contributed by atoms with Crippen molar-refractivity contribution < 1.29 is 14.3 Å². The molecule has 0 bridgehead atoms. The van der Waals surface area contributed by atoms with Crippen molar-refractivity contribution in [1.29, 1.82) is 0 Å². The number of rotatable bonds is 7. The maximum Gasteiger partial charge on any atom is 0.224 e. The van der Waals surface area contributed by atoms with Gasteiger partial charge in [-0.1, -0.05) is 19.4 Å². The minimum Gasteiger partial charge on any atom is -0.508 e. The second kappa shape index (κ2) is 9.97. The largest absolute Gasteiger partial charge is 0.508 e. The van der Waals surface area contributed by atoms with Gasteiger partial charge in [0, 0.05) is 41.4 Å². The molecule has 4 N–H and O–H groups in total. The zero-order chi connectivity index (χ0) is 26.9. The van der Waals surface area contributed by atoms with E-state index in [1.54, 1.807) is 24.7 Å². The van der Waals surface area contributed by atoms with Crippen LogP contribution in [0, 0.1) is 5.82 Å². The quantitative estimate of drug-likeness (QED) is 0.198. The van der Waals surface area contributed by atoms with Gasteiger partial charge in [-0.3, -0.25) is 14.9 Å². The molecule has 4 heterocycles. The van der Waals surface area contributed by atoms with Crippen molar-refractivity contribution in [3.63, 3.8) is 0 Å². The molecule has 6 aromatic rings. The van der Waals surface area contributed by atoms with Crippen molar-refractivity contribution in [2.45, 2.75) is 26.2 Å². The standard InChI is InChI=1S/C29H24FN7O2/c1-2-3-4-25(39)33-20-10-18(14-31-15-20)16-5-6-24-23(12-16)27(37-36-24)29-34-26-22(7-8-32-28(26)35-29)17-9-19(30)13-21(38)11-17/h5-15,38H,2-4H2,1H3,(H,33,39)(H,36,37)(H,32,34,35). The van der Waals surface area contributed by atoms with Crippen LogP contribution in [0.5, 0.6) is 5.75 Å². The number of amides is 1. The normalized spacial score (nSPS) is 11.3. The molecule has 0 radical (unpaired) electrons. The zero-order valence-electron chi connectivity index (χ0n) is 21.0. The summed E-state index contributed by atoms with van der Waals surface area (Å²) in [5.41, 5.74) is 5.94. The average molecular weight is 522 g/mol. The summed E-state index contributed by atoms with van der Waals surface area (Å²) in [5.74, 6) is -0.259. The van der Waals surface area contributed by atoms with E-state index >= 15 is 0 Å². The minimum absolute atomic E-state index is 0.0327. The molecule has 0 aliphatic carbocycles. The Hall–Kier alpha value is -5.12. The molecule has 0 saturated carbocycles. The van der Waals surface area contributed by atoms with Crippen LogP contribution in [-0.2, 0) is 4.79 Å². The number of phenols is 1. The van der Waals surface area contributed by atoms with Crippen LogP contribution in [0.1, 0.15) is 26.2 Å². The Kier molecular flexibility index (Phi) is 6.20. The molecule has 0 fully saturated rings. The first-order valence-electron chi connectivity index (χ1n) is 12.6. The van der Waals surface area contributed by atoms with Crippen LogP contribution in [0.4, 0.5) is 10.1 Å². The smallest absolute Gasteiger partial charge is 0.224 e. The van der Waals surface area contributed by atoms with E-state index in [4.69, 9.17) is 4.98 Å². The number of halogens is 1. The molecule has 9 nitrogen and oxygen atoms in total. The minimum atomic E-state index is -0.546. The number of carbonyl (C=O) groups excluding carboxylic acids is 1. The Bertz CT molecular complexity index is 1820. The van der Waals surface area contributed by atoms with Gasteiger partial charge in [-0.2, -0.15) is 5.10 Å². The number of hydrogen-bond acceptors (Lipinski definition) is 6. The van der Waals surface area contributed by atoms with E-state index in [2.05, 4.69) is 30.5 Å². The number of imidazole rings is 1. The van der Waals surface area contributed by atoms with E-state index in [1.807, 2.05) is 31.2 Å². The molecule has 0 saturated heterocycles. The van der Waals surface area contributed by atoms with Crippen LogP contribution in [0.25, 0.3) is 55.8 Å². The summed E-state index contributed by atoms with van der Waals surface area (Å²) in [7, 11) is 0. The van der Waals surface area contributed by atoms with Gasteiger partial charge in [0.05, 0.1) is 17.4 Å². The van der Waals surface area contributed by atoms with Crippen molar-refractivity contribution >= 4 is 33.7 Å². The van der Waals surface area contributed by atoms with E-state index < -0.39 is 5.82 Å². The highest BCUT2D eigenvalue weighted by Gasteiger charge is 2.17. The molecule has 4 aromatic heterocycles. The van der Waals surface area contributed by atoms with Crippen LogP contribution in [0.2, 0.25) is 0 Å². The summed E-state index contributed by atoms with van der Waals surface area (Å²) >= 11 is 0. The SMILES string of the molecule is CCCCC(=O)Nc1cncc(-c2ccc3[nH]nc(-c4nc5c(-c6cc(O)cc(F)c6)ccnc5[nH]4)c3c2)c1. The third-order valence-corrected chi connectivity index (χ3v) is 6.48. The van der Waals surface area contributed by atoms with Crippen LogP contribution < -0.4 is 5.32 Å². The molecule has 6 rings (SSSR count). The number of unbranched alkanes of at least 4 members (excludes halogenated alkanes) is 1. The van der Waals surface area contributed by atoms with Gasteiger partial charge in [0.2, 0.25) is 5.91 Å². The van der Waals surface area contributed by atoms with Gasteiger partial charge in [-0.15, -0.1) is 0 Å². The van der Waals surface area contributed by atoms with Gasteiger partial charge in [-0.25, -0.2) is 14.4 Å². The molecular weight excluding hydrogens is 497 g/mol. The molecule has 39 heavy (non-hydrogen) atoms. The number of nitrogens with zero attached hydrogens (tertiary/aromatic N) is 4. The Labute approximate surface area is 222 Å². The highest BCUT2D eigenvalue weighted by atomic mass is 19.1. The molecule has 0 atom stereocenters. The summed E-state index contributed by atoms with van der Waals surface area (Å²) in [6.45, 7) is 2.05. The summed E-state index contributed by atoms with van der Waals surface area (Å²) in [5, 5.41) is 21.2. The monoisotopic (exact) mass is 521 g/mol. The van der Waals surface area contributed by atoms with Crippen LogP contribution >= 0.6 is 0 Å². The lowest BCUT2D eigenvalue weighted by Gasteiger charge is -2.07. The number of pyridine rings is 2. The fourth-order valence-electron chi connectivity index (χ4n) is 4.59. The first-order chi connectivity index (χ1) is 19.0. The van der Waals surface area contributed by atoms with Gasteiger partial charge >= 0.3 is 0 Å². The van der Waals surface area contributed by atoms with E-state index in [9.17, 15) is 14.3 Å². The van der Waals surface area contributed by atoms with Gasteiger partial charge < -0.3 is 15.4 Å². The first kappa shape index (κ1) is 24.2. The third-order valence-electron chi connectivity index (χ3n) is 6.48. The topological polar surface area (TPSA) is 132 Å². The average Bonchev–Trinajstić information content (AvgIpc) is 3.55. The highest BCUT2D eigenvalue weighted by molar-refractivity contribution is 5.98. The maximum atomic E-state index is 14.0. The lowest BCUT2D eigenvalue weighted by Crippen LogP contribution is -2.11. The molecule has 1 amide bonds. The van der Waals surface area contributed by atoms with Crippen molar-refractivity contribution in [2.75, 3.05) is 5.32 Å². The number of hydrogen-bond donors (Lipinski definition) is 4. The van der Waals surface area contributed by atoms with Gasteiger partial charge in [0.15, 0.2) is 11.5 Å². The van der Waals surface area contributed by atoms with Gasteiger partial charge in [-0.05, 0) is 53.9 Å². The zero-order valence-corrected chi connectivity index (χ0v) is 21.0. The van der Waals surface area contributed by atoms with E-state index in [0.29, 0.717) is 45.9 Å². The second-order valence-electron chi connectivity index (χ2n) is 9.29. The second-order valence-corrected chi connectivity index (χ2v) is 9.29. The summed E-state index contributed by atoms with van der Waals surface area (Å²) < 4.78 is 14.0. The lowest BCUT2D eigenvalue weighted by atomic mass is 10.0. The summed E-state index contributed by atoms with van der Waals surface area (Å²) in [6, 6.07) is 13.4. The predicted octanol–water partition coefficient (Wildman–Crippen LogP) is 6.20. The van der Waals surface area contributed by atoms with E-state index in [0.717, 1.165) is 40.9 Å². The Morgan fingerprint density at radius 1 is 1.05 bits per heavy atom. The number of nitrogens with one attached hydrogen (secondary N) is 3. The Morgan fingerprint density at radius 3 is 2.79 bits per heavy atom. The molecular formula is C29H24FN7O2. The molecule has 10 heteroatoms. The maximum absolute atomic E-state index is 14.0. The lowest BCUT2D eigenvalue weighted by molar-refractivity contribution is -0.116. The molecule has 0 aliphatic heterocycles. The van der Waals surface area contributed by atoms with E-state index in [1.165, 1.54) is 12.1 Å².